The number of nitrogens with zero attached hydrogens (tertiary/aromatic N) is 4. The number of ketones is 1. The highest BCUT2D eigenvalue weighted by atomic mass is 35.5. The van der Waals surface area contributed by atoms with Gasteiger partial charge < -0.3 is 36.8 Å². The number of carbonyl (C=O) groups excluding carboxylic acids is 1. The number of hydrogen-bond acceptors (Lipinski definition) is 5. The molecule has 0 unspecified atom stereocenters. The van der Waals surface area contributed by atoms with E-state index in [1.807, 2.05) is 0 Å². The van der Waals surface area contributed by atoms with E-state index < -0.39 is 0 Å². The summed E-state index contributed by atoms with van der Waals surface area (Å²) >= 11 is 0. The molecule has 0 aromatic carbocycles. The zero-order chi connectivity index (χ0) is 15.5. The zero-order valence-corrected chi connectivity index (χ0v) is 15.0. The Hall–Kier alpha value is -1.36. The molecule has 0 radical (unpaired) electrons. The van der Waals surface area contributed by atoms with Crippen LogP contribution in [0.3, 0.4) is 0 Å². The monoisotopic (exact) mass is 365 g/mol. The predicted molar refractivity (Wildman–Crippen MR) is 105 cm³/mol. The highest BCUT2D eigenvalue weighted by Gasteiger charge is 2.04. The molecule has 0 bridgehead atoms. The first-order valence-electron chi connectivity index (χ1n) is 7.11. The van der Waals surface area contributed by atoms with E-state index in [1.54, 1.807) is 0 Å². The summed E-state index contributed by atoms with van der Waals surface area (Å²) in [4.78, 5) is 18.3. The minimum Gasteiger partial charge on any atom is -1.00 e. The molecule has 2 aliphatic rings. The maximum absolute atomic E-state index is 9.44. The molecule has 0 saturated heterocycles. The van der Waals surface area contributed by atoms with E-state index in [1.165, 1.54) is 13.8 Å². The van der Waals surface area contributed by atoms with Gasteiger partial charge in [-0.05, 0) is 27.7 Å². The van der Waals surface area contributed by atoms with E-state index in [0.29, 0.717) is 0 Å². The van der Waals surface area contributed by atoms with Crippen molar-refractivity contribution >= 4 is 5.78 Å². The first-order chi connectivity index (χ1) is 9.38. The predicted octanol–water partition coefficient (Wildman–Crippen LogP) is 0.872. The molecule has 0 atom stereocenters. The number of carbonyl (C=O) groups is 1. The molecule has 0 spiro atoms. The third kappa shape index (κ3) is 18.7. The van der Waals surface area contributed by atoms with Gasteiger partial charge in [-0.15, -0.1) is 0 Å². The molecule has 5 nitrogen and oxygen atoms in total. The maximum Gasteiger partial charge on any atom is 0.126 e. The smallest absolute Gasteiger partial charge is 0.126 e. The van der Waals surface area contributed by atoms with Crippen molar-refractivity contribution in [3.05, 3.63) is 24.8 Å². The van der Waals surface area contributed by atoms with Crippen molar-refractivity contribution in [1.29, 1.82) is 0 Å². The van der Waals surface area contributed by atoms with E-state index in [9.17, 15) is 4.79 Å². The van der Waals surface area contributed by atoms with E-state index in [4.69, 9.17) is 0 Å². The SMILES string of the molecule is C.C.C.CC(C)=O.CCN1C=CN(C)C1.CCN1C=CN(C)C1.[Cl-]. The lowest BCUT2D eigenvalue weighted by molar-refractivity contribution is -0.115. The molecule has 0 fully saturated rings. The Morgan fingerprint density at radius 3 is 1.12 bits per heavy atom. The van der Waals surface area contributed by atoms with Gasteiger partial charge in [-0.3, -0.25) is 0 Å². The van der Waals surface area contributed by atoms with Crippen molar-refractivity contribution in [2.75, 3.05) is 40.5 Å². The van der Waals surface area contributed by atoms with E-state index >= 15 is 0 Å². The molecule has 0 aliphatic carbocycles. The minimum absolute atomic E-state index is 0. The van der Waals surface area contributed by atoms with Crippen LogP contribution in [0.25, 0.3) is 0 Å². The van der Waals surface area contributed by atoms with Crippen LogP contribution in [0.1, 0.15) is 50.0 Å². The fourth-order valence-electron chi connectivity index (χ4n) is 1.59. The van der Waals surface area contributed by atoms with E-state index in [2.05, 4.69) is 72.3 Å². The summed E-state index contributed by atoms with van der Waals surface area (Å²) in [6.45, 7) is 11.7. The summed E-state index contributed by atoms with van der Waals surface area (Å²) in [5, 5.41) is 0. The van der Waals surface area contributed by atoms with Crippen LogP contribution >= 0.6 is 0 Å². The fourth-order valence-corrected chi connectivity index (χ4v) is 1.59. The molecule has 6 heteroatoms. The Bertz CT molecular complexity index is 305. The number of hydrogen-bond donors (Lipinski definition) is 0. The molecule has 0 saturated carbocycles. The standard InChI is InChI=1S/2C6H12N2.C3H6O.3CH4.ClH/c2*1-3-8-5-4-7(2)6-8;1-3(2)4;;;;/h2*4-5H,3,6H2,1-2H3;1-2H3;3*1H4;1H/p-1. The summed E-state index contributed by atoms with van der Waals surface area (Å²) in [5.74, 6) is 0.167. The Labute approximate surface area is 158 Å². The van der Waals surface area contributed by atoms with Crippen molar-refractivity contribution in [3.63, 3.8) is 0 Å². The summed E-state index contributed by atoms with van der Waals surface area (Å²) < 4.78 is 0. The summed E-state index contributed by atoms with van der Waals surface area (Å²) in [7, 11) is 4.15. The summed E-state index contributed by atoms with van der Waals surface area (Å²) in [5.41, 5.74) is 0. The van der Waals surface area contributed by atoms with Crippen molar-refractivity contribution in [3.8, 4) is 0 Å². The van der Waals surface area contributed by atoms with E-state index in [0.717, 1.165) is 26.4 Å². The van der Waals surface area contributed by atoms with Gasteiger partial charge >= 0.3 is 0 Å². The Morgan fingerprint density at radius 1 is 0.792 bits per heavy atom. The molecule has 2 aliphatic heterocycles. The molecule has 2 heterocycles. The largest absolute Gasteiger partial charge is 1.00 e. The van der Waals surface area contributed by atoms with Gasteiger partial charge in [-0.2, -0.15) is 0 Å². The third-order valence-electron chi connectivity index (χ3n) is 2.69. The van der Waals surface area contributed by atoms with Crippen molar-refractivity contribution < 1.29 is 17.2 Å². The van der Waals surface area contributed by atoms with Gasteiger partial charge in [0, 0.05) is 52.0 Å². The second-order valence-corrected chi connectivity index (χ2v) is 5.11. The van der Waals surface area contributed by atoms with Crippen LogP contribution < -0.4 is 12.4 Å². The Balaban J connectivity index is -0.0000000728. The molecular weight excluding hydrogens is 324 g/mol. The number of rotatable bonds is 2. The average molecular weight is 366 g/mol. The lowest BCUT2D eigenvalue weighted by Crippen LogP contribution is -3.00. The normalized spacial score (nSPS) is 13.2. The lowest BCUT2D eigenvalue weighted by atomic mass is 10.6. The molecule has 0 aromatic rings. The Kier molecular flexibility index (Phi) is 27.9. The molecule has 0 aromatic heterocycles. The average Bonchev–Trinajstić information content (AvgIpc) is 2.97. The van der Waals surface area contributed by atoms with Gasteiger partial charge in [0.1, 0.15) is 5.78 Å². The maximum atomic E-state index is 9.44. The lowest BCUT2D eigenvalue weighted by Gasteiger charge is -2.14. The minimum atomic E-state index is 0. The van der Waals surface area contributed by atoms with Gasteiger partial charge in [0.05, 0.1) is 13.3 Å². The van der Waals surface area contributed by atoms with Crippen LogP contribution in [0, 0.1) is 0 Å². The van der Waals surface area contributed by atoms with Crippen molar-refractivity contribution in [2.24, 2.45) is 0 Å². The first-order valence-corrected chi connectivity index (χ1v) is 7.11. The van der Waals surface area contributed by atoms with Crippen LogP contribution in [0.5, 0.6) is 0 Å². The second-order valence-electron chi connectivity index (χ2n) is 5.11. The van der Waals surface area contributed by atoms with Crippen LogP contribution in [-0.2, 0) is 4.79 Å². The second kappa shape index (κ2) is 19.7. The first kappa shape index (κ1) is 34.1. The van der Waals surface area contributed by atoms with Crippen molar-refractivity contribution in [2.45, 2.75) is 50.0 Å². The van der Waals surface area contributed by atoms with Gasteiger partial charge in [0.2, 0.25) is 0 Å². The van der Waals surface area contributed by atoms with Gasteiger partial charge in [0.25, 0.3) is 0 Å². The Morgan fingerprint density at radius 2 is 1.04 bits per heavy atom. The molecular formula is C18H42ClN4O-. The summed E-state index contributed by atoms with van der Waals surface area (Å²) in [6, 6.07) is 0. The summed E-state index contributed by atoms with van der Waals surface area (Å²) in [6.07, 6.45) is 8.40. The van der Waals surface area contributed by atoms with Crippen LogP contribution in [-0.4, -0.2) is 65.9 Å². The molecule has 148 valence electrons. The number of halogens is 1. The van der Waals surface area contributed by atoms with E-state index in [-0.39, 0.29) is 40.5 Å². The zero-order valence-electron chi connectivity index (χ0n) is 14.2. The quantitative estimate of drug-likeness (QED) is 0.724. The molecule has 24 heavy (non-hydrogen) atoms. The van der Waals surface area contributed by atoms with Crippen LogP contribution in [0.4, 0.5) is 0 Å². The molecule has 0 amide bonds. The number of Topliss-reactive ketones (excluding diaryl/α,β-unsaturated/α-hetero) is 1. The van der Waals surface area contributed by atoms with Gasteiger partial charge in [-0.1, -0.05) is 22.3 Å². The highest BCUT2D eigenvalue weighted by molar-refractivity contribution is 5.72. The molecule has 0 N–H and O–H groups in total. The fraction of sp³-hybridized carbons (Fsp3) is 0.722. The highest BCUT2D eigenvalue weighted by Crippen LogP contribution is 2.01. The van der Waals surface area contributed by atoms with Crippen LogP contribution in [0.15, 0.2) is 24.8 Å². The van der Waals surface area contributed by atoms with Gasteiger partial charge in [-0.25, -0.2) is 0 Å². The van der Waals surface area contributed by atoms with Crippen LogP contribution in [0.2, 0.25) is 0 Å². The van der Waals surface area contributed by atoms with Crippen molar-refractivity contribution in [1.82, 2.24) is 19.6 Å². The molecule has 2 rings (SSSR count). The van der Waals surface area contributed by atoms with Gasteiger partial charge in [0.15, 0.2) is 0 Å². The topological polar surface area (TPSA) is 30.0 Å². The third-order valence-corrected chi connectivity index (χ3v) is 2.69.